The molecule has 0 N–H and O–H groups in total. The van der Waals surface area contributed by atoms with E-state index in [1.807, 2.05) is 36.4 Å². The molecule has 0 fully saturated rings. The van der Waals surface area contributed by atoms with Crippen molar-refractivity contribution in [2.45, 2.75) is 0 Å². The van der Waals surface area contributed by atoms with Crippen molar-refractivity contribution in [3.8, 4) is 11.1 Å². The van der Waals surface area contributed by atoms with Crippen molar-refractivity contribution < 1.29 is 4.42 Å². The van der Waals surface area contributed by atoms with Crippen molar-refractivity contribution in [1.82, 2.24) is 0 Å². The van der Waals surface area contributed by atoms with Gasteiger partial charge in [0.15, 0.2) is 0 Å². The summed E-state index contributed by atoms with van der Waals surface area (Å²) in [6, 6.07) is 19.3. The average Bonchev–Trinajstić information content (AvgIpc) is 2.78. The molecule has 0 amide bonds. The summed E-state index contributed by atoms with van der Waals surface area (Å²) < 4.78 is 5.47. The van der Waals surface area contributed by atoms with Crippen LogP contribution < -0.4 is 0 Å². The average molecular weight is 193 g/mol. The van der Waals surface area contributed by atoms with E-state index >= 15 is 0 Å². The number of fused-ring (bicyclic) bond motifs is 1. The summed E-state index contributed by atoms with van der Waals surface area (Å²) in [7, 11) is 0. The molecular formula is C14H9O. The maximum Gasteiger partial charge on any atom is 0.142 e. The Morgan fingerprint density at radius 3 is 2.67 bits per heavy atom. The summed E-state index contributed by atoms with van der Waals surface area (Å²) in [5, 5.41) is 1.02. The van der Waals surface area contributed by atoms with Crippen LogP contribution in [0.25, 0.3) is 22.1 Å². The lowest BCUT2D eigenvalue weighted by Crippen LogP contribution is -1.77. The second-order valence-electron chi connectivity index (χ2n) is 3.42. The van der Waals surface area contributed by atoms with Crippen LogP contribution in [0.5, 0.6) is 0 Å². The van der Waals surface area contributed by atoms with Crippen LogP contribution in [-0.2, 0) is 0 Å². The highest BCUT2D eigenvalue weighted by molar-refractivity contribution is 5.91. The lowest BCUT2D eigenvalue weighted by Gasteiger charge is -2.01. The van der Waals surface area contributed by atoms with Gasteiger partial charge in [-0.25, -0.2) is 0 Å². The number of hydrogen-bond acceptors (Lipinski definition) is 1. The van der Waals surface area contributed by atoms with Gasteiger partial charge in [0.1, 0.15) is 5.58 Å². The maximum absolute atomic E-state index is 5.47. The highest BCUT2D eigenvalue weighted by atomic mass is 16.3. The highest BCUT2D eigenvalue weighted by Gasteiger charge is 2.05. The van der Waals surface area contributed by atoms with Gasteiger partial charge in [-0.2, -0.15) is 0 Å². The van der Waals surface area contributed by atoms with Gasteiger partial charge in [0.2, 0.25) is 0 Å². The first kappa shape index (κ1) is 8.30. The third kappa shape index (κ3) is 1.33. The monoisotopic (exact) mass is 193 g/mol. The van der Waals surface area contributed by atoms with Gasteiger partial charge in [0, 0.05) is 10.9 Å². The van der Waals surface area contributed by atoms with Crippen LogP contribution in [0.1, 0.15) is 0 Å². The predicted molar refractivity (Wildman–Crippen MR) is 60.5 cm³/mol. The summed E-state index contributed by atoms with van der Waals surface area (Å²) in [4.78, 5) is 0. The number of furan rings is 1. The lowest BCUT2D eigenvalue weighted by molar-refractivity contribution is 0.617. The summed E-state index contributed by atoms with van der Waals surface area (Å²) in [5.74, 6) is 0. The van der Waals surface area contributed by atoms with Crippen LogP contribution in [0.15, 0.2) is 59.2 Å². The topological polar surface area (TPSA) is 13.1 Å². The van der Waals surface area contributed by atoms with Gasteiger partial charge >= 0.3 is 0 Å². The fraction of sp³-hybridized carbons (Fsp3) is 0. The zero-order valence-electron chi connectivity index (χ0n) is 8.10. The second-order valence-corrected chi connectivity index (χ2v) is 3.42. The van der Waals surface area contributed by atoms with Crippen LogP contribution >= 0.6 is 0 Å². The van der Waals surface area contributed by atoms with E-state index in [2.05, 4.69) is 18.2 Å². The molecule has 1 heteroatoms. The molecule has 0 atom stereocenters. The molecule has 0 aliphatic carbocycles. The quantitative estimate of drug-likeness (QED) is 0.571. The van der Waals surface area contributed by atoms with Crippen LogP contribution in [0, 0.1) is 6.07 Å². The third-order valence-corrected chi connectivity index (χ3v) is 2.48. The molecule has 0 aliphatic heterocycles. The minimum atomic E-state index is 0.906. The maximum atomic E-state index is 5.47. The second kappa shape index (κ2) is 3.28. The number of benzene rings is 2. The molecule has 2 aromatic carbocycles. The van der Waals surface area contributed by atoms with E-state index in [0.717, 1.165) is 16.5 Å². The largest absolute Gasteiger partial charge is 0.464 e. The smallest absolute Gasteiger partial charge is 0.142 e. The van der Waals surface area contributed by atoms with Crippen molar-refractivity contribution >= 4 is 11.0 Å². The fourth-order valence-corrected chi connectivity index (χ4v) is 1.77. The van der Waals surface area contributed by atoms with Crippen LogP contribution in [0.3, 0.4) is 0 Å². The molecule has 71 valence electrons. The van der Waals surface area contributed by atoms with E-state index in [-0.39, 0.29) is 0 Å². The molecule has 0 saturated carbocycles. The van der Waals surface area contributed by atoms with Crippen LogP contribution in [-0.4, -0.2) is 0 Å². The van der Waals surface area contributed by atoms with Crippen molar-refractivity contribution in [2.75, 3.05) is 0 Å². The lowest BCUT2D eigenvalue weighted by atomic mass is 10.0. The summed E-state index contributed by atoms with van der Waals surface area (Å²) >= 11 is 0. The molecule has 0 unspecified atom stereocenters. The summed E-state index contributed by atoms with van der Waals surface area (Å²) in [6.07, 6.45) is 1.70. The third-order valence-electron chi connectivity index (χ3n) is 2.48. The zero-order valence-corrected chi connectivity index (χ0v) is 8.10. The van der Waals surface area contributed by atoms with Crippen molar-refractivity contribution in [3.63, 3.8) is 0 Å². The Kier molecular flexibility index (Phi) is 1.82. The first-order chi connectivity index (χ1) is 7.45. The molecule has 1 aromatic heterocycles. The minimum absolute atomic E-state index is 0.906. The van der Waals surface area contributed by atoms with Crippen molar-refractivity contribution in [1.29, 1.82) is 0 Å². The Morgan fingerprint density at radius 1 is 0.933 bits per heavy atom. The Bertz CT molecular complexity index is 578. The normalized spacial score (nSPS) is 10.7. The van der Waals surface area contributed by atoms with Gasteiger partial charge in [-0.3, -0.25) is 0 Å². The van der Waals surface area contributed by atoms with Gasteiger partial charge in [-0.1, -0.05) is 36.4 Å². The summed E-state index contributed by atoms with van der Waals surface area (Å²) in [5.41, 5.74) is 3.20. The fourth-order valence-electron chi connectivity index (χ4n) is 1.77. The Hall–Kier alpha value is -2.02. The van der Waals surface area contributed by atoms with Gasteiger partial charge in [-0.15, -0.1) is 0 Å². The Balaban J connectivity index is 2.31. The van der Waals surface area contributed by atoms with Crippen molar-refractivity contribution in [3.05, 3.63) is 60.9 Å². The molecule has 1 radical (unpaired) electrons. The molecule has 3 rings (SSSR count). The molecule has 3 aromatic rings. The van der Waals surface area contributed by atoms with Crippen LogP contribution in [0.2, 0.25) is 0 Å². The van der Waals surface area contributed by atoms with Crippen LogP contribution in [0.4, 0.5) is 0 Å². The molecule has 0 saturated heterocycles. The molecule has 0 spiro atoms. The minimum Gasteiger partial charge on any atom is -0.464 e. The van der Waals surface area contributed by atoms with E-state index in [0.29, 0.717) is 0 Å². The molecule has 0 bridgehead atoms. The first-order valence-corrected chi connectivity index (χ1v) is 4.88. The van der Waals surface area contributed by atoms with E-state index < -0.39 is 0 Å². The van der Waals surface area contributed by atoms with E-state index in [9.17, 15) is 0 Å². The molecule has 0 aliphatic rings. The molecule has 15 heavy (non-hydrogen) atoms. The van der Waals surface area contributed by atoms with Crippen molar-refractivity contribution in [2.24, 2.45) is 0 Å². The number of rotatable bonds is 1. The molecular weight excluding hydrogens is 184 g/mol. The van der Waals surface area contributed by atoms with E-state index in [1.54, 1.807) is 6.26 Å². The molecule has 1 heterocycles. The van der Waals surface area contributed by atoms with Gasteiger partial charge in [0.25, 0.3) is 0 Å². The highest BCUT2D eigenvalue weighted by Crippen LogP contribution is 2.28. The van der Waals surface area contributed by atoms with Gasteiger partial charge in [-0.05, 0) is 23.8 Å². The van der Waals surface area contributed by atoms with E-state index in [4.69, 9.17) is 4.42 Å². The first-order valence-electron chi connectivity index (χ1n) is 4.88. The Morgan fingerprint density at radius 2 is 1.80 bits per heavy atom. The Labute approximate surface area is 88.0 Å². The van der Waals surface area contributed by atoms with E-state index in [1.165, 1.54) is 5.56 Å². The SMILES string of the molecule is [c]1ccc(-c2ccccc2)c2occc12. The van der Waals surface area contributed by atoms with Gasteiger partial charge in [0.05, 0.1) is 6.26 Å². The standard InChI is InChI=1S/C14H9O/c1-2-5-11(6-3-1)13-8-4-7-12-9-10-15-14(12)13/h1-6,8-10H. The van der Waals surface area contributed by atoms with Gasteiger partial charge < -0.3 is 4.42 Å². The summed E-state index contributed by atoms with van der Waals surface area (Å²) in [6.45, 7) is 0. The number of hydrogen-bond donors (Lipinski definition) is 0. The molecule has 1 nitrogen and oxygen atoms in total. The predicted octanol–water partition coefficient (Wildman–Crippen LogP) is 3.90. The zero-order chi connectivity index (χ0) is 10.1.